The molecule has 0 unspecified atom stereocenters. The Labute approximate surface area is 122 Å². The van der Waals surface area contributed by atoms with Crippen molar-refractivity contribution in [2.75, 3.05) is 14.2 Å². The maximum absolute atomic E-state index is 13.1. The van der Waals surface area contributed by atoms with Crippen LogP contribution in [-0.4, -0.2) is 30.5 Å². The minimum Gasteiger partial charge on any atom is -0.497 e. The van der Waals surface area contributed by atoms with E-state index in [1.165, 1.54) is 13.2 Å². The Morgan fingerprint density at radius 3 is 2.36 bits per heavy atom. The summed E-state index contributed by atoms with van der Waals surface area (Å²) >= 11 is 0. The van der Waals surface area contributed by atoms with E-state index in [1.54, 1.807) is 0 Å². The molecule has 0 aliphatic carbocycles. The number of methoxy groups -OCH3 is 2. The number of halogens is 3. The van der Waals surface area contributed by atoms with E-state index in [2.05, 4.69) is 5.16 Å². The molecule has 1 aromatic carbocycles. The zero-order chi connectivity index (χ0) is 16.5. The fourth-order valence-electron chi connectivity index (χ4n) is 1.84. The minimum absolute atomic E-state index is 0.0867. The first-order valence-electron chi connectivity index (χ1n) is 5.81. The van der Waals surface area contributed by atoms with Crippen LogP contribution in [0.4, 0.5) is 13.2 Å². The molecule has 1 heterocycles. The van der Waals surface area contributed by atoms with Crippen molar-refractivity contribution in [2.45, 2.75) is 6.18 Å². The number of carboxylic acid groups (broad SMARTS) is 1. The van der Waals surface area contributed by atoms with Crippen molar-refractivity contribution in [1.29, 1.82) is 0 Å². The molecule has 0 aliphatic rings. The number of carbonyl (C=O) groups is 1. The van der Waals surface area contributed by atoms with Crippen molar-refractivity contribution < 1.29 is 37.1 Å². The van der Waals surface area contributed by atoms with Crippen LogP contribution in [0.15, 0.2) is 22.7 Å². The van der Waals surface area contributed by atoms with Crippen LogP contribution < -0.4 is 9.47 Å². The Balaban J connectivity index is 2.70. The fraction of sp³-hybridized carbons (Fsp3) is 0.231. The number of ether oxygens (including phenoxy) is 2. The summed E-state index contributed by atoms with van der Waals surface area (Å²) in [6, 6.07) is 3.01. The Bertz CT molecular complexity index is 708. The number of rotatable bonds is 4. The standard InChI is InChI=1S/C13H10F3NO5/c1-20-6-3-7(10-5-9(12(18)19)17-22-10)11(21-2)8(4-6)13(14,15)16/h3-5H,1-2H3,(H,18,19). The molecule has 118 valence electrons. The summed E-state index contributed by atoms with van der Waals surface area (Å²) in [7, 11) is 2.27. The van der Waals surface area contributed by atoms with Crippen LogP contribution in [0.25, 0.3) is 11.3 Å². The summed E-state index contributed by atoms with van der Waals surface area (Å²) < 4.78 is 53.8. The average Bonchev–Trinajstić information content (AvgIpc) is 2.94. The van der Waals surface area contributed by atoms with Gasteiger partial charge < -0.3 is 19.1 Å². The highest BCUT2D eigenvalue weighted by molar-refractivity contribution is 5.87. The van der Waals surface area contributed by atoms with Crippen molar-refractivity contribution in [2.24, 2.45) is 0 Å². The smallest absolute Gasteiger partial charge is 0.420 e. The van der Waals surface area contributed by atoms with Crippen LogP contribution in [0.3, 0.4) is 0 Å². The Kier molecular flexibility index (Phi) is 3.98. The molecular formula is C13H10F3NO5. The number of aromatic nitrogens is 1. The number of benzene rings is 1. The Morgan fingerprint density at radius 1 is 1.23 bits per heavy atom. The minimum atomic E-state index is -4.69. The second-order valence-electron chi connectivity index (χ2n) is 4.14. The van der Waals surface area contributed by atoms with E-state index in [-0.39, 0.29) is 17.1 Å². The summed E-state index contributed by atoms with van der Waals surface area (Å²) in [4.78, 5) is 10.8. The monoisotopic (exact) mass is 317 g/mol. The summed E-state index contributed by atoms with van der Waals surface area (Å²) in [5.41, 5.74) is -1.62. The first kappa shape index (κ1) is 15.7. The van der Waals surface area contributed by atoms with Crippen LogP contribution in [0.1, 0.15) is 16.1 Å². The number of nitrogens with zero attached hydrogens (tertiary/aromatic N) is 1. The summed E-state index contributed by atoms with van der Waals surface area (Å²) in [5.74, 6) is -2.15. The fourth-order valence-corrected chi connectivity index (χ4v) is 1.84. The lowest BCUT2D eigenvalue weighted by atomic mass is 10.0. The molecular weight excluding hydrogens is 307 g/mol. The van der Waals surface area contributed by atoms with Gasteiger partial charge in [-0.15, -0.1) is 0 Å². The topological polar surface area (TPSA) is 81.8 Å². The predicted molar refractivity (Wildman–Crippen MR) is 67.0 cm³/mol. The molecule has 0 saturated carbocycles. The lowest BCUT2D eigenvalue weighted by Crippen LogP contribution is -2.09. The SMILES string of the molecule is COc1cc(-c2cc(C(=O)O)no2)c(OC)c(C(F)(F)F)c1. The molecule has 0 fully saturated rings. The van der Waals surface area contributed by atoms with E-state index in [9.17, 15) is 18.0 Å². The van der Waals surface area contributed by atoms with Gasteiger partial charge >= 0.3 is 12.1 Å². The van der Waals surface area contributed by atoms with E-state index >= 15 is 0 Å². The lowest BCUT2D eigenvalue weighted by Gasteiger charge is -2.16. The van der Waals surface area contributed by atoms with Gasteiger partial charge in [0.15, 0.2) is 11.5 Å². The van der Waals surface area contributed by atoms with Gasteiger partial charge in [-0.05, 0) is 12.1 Å². The highest BCUT2D eigenvalue weighted by atomic mass is 19.4. The van der Waals surface area contributed by atoms with Crippen LogP contribution in [0.5, 0.6) is 11.5 Å². The van der Waals surface area contributed by atoms with Crippen molar-refractivity contribution in [1.82, 2.24) is 5.16 Å². The molecule has 6 nitrogen and oxygen atoms in total. The van der Waals surface area contributed by atoms with Gasteiger partial charge in [0.05, 0.1) is 19.8 Å². The highest BCUT2D eigenvalue weighted by Crippen LogP contribution is 2.44. The van der Waals surface area contributed by atoms with Crippen molar-refractivity contribution >= 4 is 5.97 Å². The number of carboxylic acids is 1. The van der Waals surface area contributed by atoms with Crippen LogP contribution >= 0.6 is 0 Å². The third-order valence-electron chi connectivity index (χ3n) is 2.80. The lowest BCUT2D eigenvalue weighted by molar-refractivity contribution is -0.138. The van der Waals surface area contributed by atoms with Crippen LogP contribution in [0.2, 0.25) is 0 Å². The van der Waals surface area contributed by atoms with Gasteiger partial charge in [-0.1, -0.05) is 5.16 Å². The zero-order valence-electron chi connectivity index (χ0n) is 11.4. The van der Waals surface area contributed by atoms with Gasteiger partial charge in [0.1, 0.15) is 17.1 Å². The van der Waals surface area contributed by atoms with Crippen molar-refractivity contribution in [3.05, 3.63) is 29.5 Å². The Morgan fingerprint density at radius 2 is 1.91 bits per heavy atom. The molecule has 22 heavy (non-hydrogen) atoms. The first-order chi connectivity index (χ1) is 10.3. The maximum atomic E-state index is 13.1. The molecule has 0 amide bonds. The summed E-state index contributed by atoms with van der Waals surface area (Å²) in [5, 5.41) is 12.1. The van der Waals surface area contributed by atoms with Crippen molar-refractivity contribution in [3.63, 3.8) is 0 Å². The van der Waals surface area contributed by atoms with Gasteiger partial charge in [0.25, 0.3) is 0 Å². The van der Waals surface area contributed by atoms with Gasteiger partial charge in [0.2, 0.25) is 0 Å². The molecule has 0 aliphatic heterocycles. The quantitative estimate of drug-likeness (QED) is 0.933. The average molecular weight is 317 g/mol. The molecule has 1 aromatic heterocycles. The maximum Gasteiger partial charge on any atom is 0.420 e. The van der Waals surface area contributed by atoms with E-state index in [4.69, 9.17) is 19.1 Å². The Hall–Kier alpha value is -2.71. The zero-order valence-corrected chi connectivity index (χ0v) is 11.4. The molecule has 0 atom stereocenters. The third-order valence-corrected chi connectivity index (χ3v) is 2.80. The van der Waals surface area contributed by atoms with E-state index in [0.717, 1.165) is 19.2 Å². The van der Waals surface area contributed by atoms with Gasteiger partial charge in [-0.2, -0.15) is 13.2 Å². The summed E-state index contributed by atoms with van der Waals surface area (Å²) in [6.07, 6.45) is -4.69. The molecule has 9 heteroatoms. The molecule has 0 spiro atoms. The largest absolute Gasteiger partial charge is 0.497 e. The second-order valence-corrected chi connectivity index (χ2v) is 4.14. The second kappa shape index (κ2) is 5.58. The number of alkyl halides is 3. The molecule has 2 rings (SSSR count). The van der Waals surface area contributed by atoms with Crippen LogP contribution in [-0.2, 0) is 6.18 Å². The molecule has 1 N–H and O–H groups in total. The molecule has 2 aromatic rings. The normalized spacial score (nSPS) is 11.3. The third kappa shape index (κ3) is 2.83. The van der Waals surface area contributed by atoms with Gasteiger partial charge in [-0.3, -0.25) is 0 Å². The molecule has 0 bridgehead atoms. The van der Waals surface area contributed by atoms with E-state index in [0.29, 0.717) is 0 Å². The van der Waals surface area contributed by atoms with Crippen molar-refractivity contribution in [3.8, 4) is 22.8 Å². The van der Waals surface area contributed by atoms with E-state index in [1.807, 2.05) is 0 Å². The van der Waals surface area contributed by atoms with Gasteiger partial charge in [0, 0.05) is 6.07 Å². The number of aromatic carboxylic acids is 1. The first-order valence-corrected chi connectivity index (χ1v) is 5.81. The number of hydrogen-bond acceptors (Lipinski definition) is 5. The van der Waals surface area contributed by atoms with Crippen LogP contribution in [0, 0.1) is 0 Å². The highest BCUT2D eigenvalue weighted by Gasteiger charge is 2.37. The van der Waals surface area contributed by atoms with Gasteiger partial charge in [-0.25, -0.2) is 4.79 Å². The number of hydrogen-bond donors (Lipinski definition) is 1. The van der Waals surface area contributed by atoms with E-state index < -0.39 is 29.2 Å². The summed E-state index contributed by atoms with van der Waals surface area (Å²) in [6.45, 7) is 0. The molecule has 0 radical (unpaired) electrons. The molecule has 0 saturated heterocycles. The predicted octanol–water partition coefficient (Wildman–Crippen LogP) is 3.08.